The lowest BCUT2D eigenvalue weighted by Crippen LogP contribution is -2.41. The second-order valence-electron chi connectivity index (χ2n) is 6.81. The first-order valence-corrected chi connectivity index (χ1v) is 8.88. The predicted molar refractivity (Wildman–Crippen MR) is 89.8 cm³/mol. The summed E-state index contributed by atoms with van der Waals surface area (Å²) in [6.07, 6.45) is 7.20. The highest BCUT2D eigenvalue weighted by Gasteiger charge is 2.23. The maximum absolute atomic E-state index is 12.4. The Morgan fingerprint density at radius 3 is 2.65 bits per heavy atom. The van der Waals surface area contributed by atoms with Gasteiger partial charge in [0.2, 0.25) is 0 Å². The fourth-order valence-corrected chi connectivity index (χ4v) is 3.45. The van der Waals surface area contributed by atoms with Crippen LogP contribution in [0.2, 0.25) is 0 Å². The molecule has 2 fully saturated rings. The molecule has 0 radical (unpaired) electrons. The molecule has 1 aliphatic heterocycles. The van der Waals surface area contributed by atoms with Crippen molar-refractivity contribution in [3.63, 3.8) is 0 Å². The number of carbonyl (C=O) groups is 1. The second kappa shape index (κ2) is 7.82. The van der Waals surface area contributed by atoms with Crippen molar-refractivity contribution in [2.45, 2.75) is 57.6 Å². The monoisotopic (exact) mass is 317 g/mol. The van der Waals surface area contributed by atoms with E-state index in [1.807, 2.05) is 24.3 Å². The standard InChI is InChI=1S/C19H27NO3/c1-14-5-2-3-7-18(14)20-19(21)15-8-10-16(11-9-15)23-13-17-6-4-12-22-17/h8-11,14,17-18H,2-7,12-13H2,1H3,(H,20,21)/t14-,17-,18+/m1/s1. The van der Waals surface area contributed by atoms with Gasteiger partial charge in [-0.3, -0.25) is 4.79 Å². The molecule has 4 heteroatoms. The topological polar surface area (TPSA) is 47.6 Å². The van der Waals surface area contributed by atoms with Crippen molar-refractivity contribution in [2.75, 3.05) is 13.2 Å². The quantitative estimate of drug-likeness (QED) is 0.903. The molecule has 3 rings (SSSR count). The lowest BCUT2D eigenvalue weighted by molar-refractivity contribution is 0.0679. The molecule has 4 nitrogen and oxygen atoms in total. The van der Waals surface area contributed by atoms with Crippen molar-refractivity contribution < 1.29 is 14.3 Å². The number of hydrogen-bond acceptors (Lipinski definition) is 3. The van der Waals surface area contributed by atoms with Crippen LogP contribution in [0.4, 0.5) is 0 Å². The average molecular weight is 317 g/mol. The summed E-state index contributed by atoms with van der Waals surface area (Å²) < 4.78 is 11.3. The molecule has 23 heavy (non-hydrogen) atoms. The largest absolute Gasteiger partial charge is 0.491 e. The van der Waals surface area contributed by atoms with Crippen LogP contribution in [-0.2, 0) is 4.74 Å². The molecular weight excluding hydrogens is 290 g/mol. The van der Waals surface area contributed by atoms with E-state index in [4.69, 9.17) is 9.47 Å². The number of rotatable bonds is 5. The summed E-state index contributed by atoms with van der Waals surface area (Å²) in [6.45, 7) is 3.66. The van der Waals surface area contributed by atoms with Crippen molar-refractivity contribution in [2.24, 2.45) is 5.92 Å². The van der Waals surface area contributed by atoms with E-state index >= 15 is 0 Å². The Bertz CT molecular complexity index is 508. The van der Waals surface area contributed by atoms with Crippen molar-refractivity contribution >= 4 is 5.91 Å². The third-order valence-corrected chi connectivity index (χ3v) is 5.00. The lowest BCUT2D eigenvalue weighted by Gasteiger charge is -2.29. The first-order chi connectivity index (χ1) is 11.2. The highest BCUT2D eigenvalue weighted by molar-refractivity contribution is 5.94. The maximum Gasteiger partial charge on any atom is 0.251 e. The SMILES string of the molecule is C[C@@H]1CCCC[C@@H]1NC(=O)c1ccc(OC[C@H]2CCCO2)cc1. The van der Waals surface area contributed by atoms with E-state index in [0.717, 1.165) is 31.6 Å². The molecule has 3 atom stereocenters. The maximum atomic E-state index is 12.4. The molecule has 1 saturated carbocycles. The van der Waals surface area contributed by atoms with Gasteiger partial charge in [0.15, 0.2) is 0 Å². The van der Waals surface area contributed by atoms with Gasteiger partial charge in [-0.1, -0.05) is 19.8 Å². The third kappa shape index (κ3) is 4.47. The highest BCUT2D eigenvalue weighted by Crippen LogP contribution is 2.24. The summed E-state index contributed by atoms with van der Waals surface area (Å²) in [5.41, 5.74) is 0.701. The Hall–Kier alpha value is -1.55. The van der Waals surface area contributed by atoms with Gasteiger partial charge in [-0.05, 0) is 55.9 Å². The Morgan fingerprint density at radius 1 is 1.17 bits per heavy atom. The zero-order chi connectivity index (χ0) is 16.1. The van der Waals surface area contributed by atoms with Crippen LogP contribution >= 0.6 is 0 Å². The number of nitrogens with one attached hydrogen (secondary N) is 1. The van der Waals surface area contributed by atoms with Crippen molar-refractivity contribution in [3.8, 4) is 5.75 Å². The minimum atomic E-state index is 0.0226. The van der Waals surface area contributed by atoms with E-state index in [0.29, 0.717) is 24.1 Å². The average Bonchev–Trinajstić information content (AvgIpc) is 3.09. The Labute approximate surface area is 138 Å². The van der Waals surface area contributed by atoms with E-state index in [2.05, 4.69) is 12.2 Å². The van der Waals surface area contributed by atoms with Crippen molar-refractivity contribution in [3.05, 3.63) is 29.8 Å². The van der Waals surface area contributed by atoms with Gasteiger partial charge in [-0.15, -0.1) is 0 Å². The number of benzene rings is 1. The van der Waals surface area contributed by atoms with E-state index in [1.165, 1.54) is 19.3 Å². The minimum Gasteiger partial charge on any atom is -0.491 e. The summed E-state index contributed by atoms with van der Waals surface area (Å²) in [6, 6.07) is 7.73. The Morgan fingerprint density at radius 2 is 1.96 bits per heavy atom. The summed E-state index contributed by atoms with van der Waals surface area (Å²) in [7, 11) is 0. The molecule has 1 aliphatic carbocycles. The van der Waals surface area contributed by atoms with Crippen LogP contribution in [-0.4, -0.2) is 31.3 Å². The van der Waals surface area contributed by atoms with Gasteiger partial charge >= 0.3 is 0 Å². The van der Waals surface area contributed by atoms with Gasteiger partial charge in [0, 0.05) is 18.2 Å². The van der Waals surface area contributed by atoms with Crippen LogP contribution in [0.5, 0.6) is 5.75 Å². The molecular formula is C19H27NO3. The van der Waals surface area contributed by atoms with E-state index < -0.39 is 0 Å². The smallest absolute Gasteiger partial charge is 0.251 e. The molecule has 1 aromatic rings. The molecule has 0 aromatic heterocycles. The number of ether oxygens (including phenoxy) is 2. The molecule has 1 aromatic carbocycles. The van der Waals surface area contributed by atoms with Crippen LogP contribution in [0.3, 0.4) is 0 Å². The minimum absolute atomic E-state index is 0.0226. The fraction of sp³-hybridized carbons (Fsp3) is 0.632. The van der Waals surface area contributed by atoms with Crippen LogP contribution in [0.1, 0.15) is 55.8 Å². The van der Waals surface area contributed by atoms with Gasteiger partial charge in [-0.25, -0.2) is 0 Å². The summed E-state index contributed by atoms with van der Waals surface area (Å²) in [5, 5.41) is 3.18. The normalized spacial score (nSPS) is 27.6. The molecule has 1 N–H and O–H groups in total. The molecule has 126 valence electrons. The Balaban J connectivity index is 1.50. The van der Waals surface area contributed by atoms with Crippen LogP contribution < -0.4 is 10.1 Å². The first-order valence-electron chi connectivity index (χ1n) is 8.88. The molecule has 0 unspecified atom stereocenters. The van der Waals surface area contributed by atoms with Crippen LogP contribution in [0.15, 0.2) is 24.3 Å². The highest BCUT2D eigenvalue weighted by atomic mass is 16.5. The lowest BCUT2D eigenvalue weighted by atomic mass is 9.86. The van der Waals surface area contributed by atoms with Crippen molar-refractivity contribution in [1.29, 1.82) is 0 Å². The van der Waals surface area contributed by atoms with E-state index in [9.17, 15) is 4.79 Å². The molecule has 2 aliphatic rings. The first kappa shape index (κ1) is 16.3. The van der Waals surface area contributed by atoms with E-state index in [-0.39, 0.29) is 12.0 Å². The number of carbonyl (C=O) groups excluding carboxylic acids is 1. The summed E-state index contributed by atoms with van der Waals surface area (Å²) in [5.74, 6) is 1.39. The molecule has 1 heterocycles. The Kier molecular flexibility index (Phi) is 5.55. The number of amides is 1. The molecule has 0 bridgehead atoms. The van der Waals surface area contributed by atoms with Gasteiger partial charge < -0.3 is 14.8 Å². The second-order valence-corrected chi connectivity index (χ2v) is 6.81. The summed E-state index contributed by atoms with van der Waals surface area (Å²) >= 11 is 0. The zero-order valence-corrected chi connectivity index (χ0v) is 13.9. The van der Waals surface area contributed by atoms with Crippen LogP contribution in [0, 0.1) is 5.92 Å². The van der Waals surface area contributed by atoms with Gasteiger partial charge in [-0.2, -0.15) is 0 Å². The van der Waals surface area contributed by atoms with Gasteiger partial charge in [0.1, 0.15) is 12.4 Å². The third-order valence-electron chi connectivity index (χ3n) is 5.00. The van der Waals surface area contributed by atoms with Gasteiger partial charge in [0.05, 0.1) is 6.10 Å². The molecule has 0 spiro atoms. The predicted octanol–water partition coefficient (Wildman–Crippen LogP) is 3.55. The zero-order valence-electron chi connectivity index (χ0n) is 13.9. The van der Waals surface area contributed by atoms with Crippen LogP contribution in [0.25, 0.3) is 0 Å². The van der Waals surface area contributed by atoms with E-state index in [1.54, 1.807) is 0 Å². The molecule has 1 amide bonds. The molecule has 1 saturated heterocycles. The summed E-state index contributed by atoms with van der Waals surface area (Å²) in [4.78, 5) is 12.4. The van der Waals surface area contributed by atoms with Gasteiger partial charge in [0.25, 0.3) is 5.91 Å². The fourth-order valence-electron chi connectivity index (χ4n) is 3.45. The van der Waals surface area contributed by atoms with Crippen molar-refractivity contribution in [1.82, 2.24) is 5.32 Å². The number of hydrogen-bond donors (Lipinski definition) is 1.